The average molecular weight is 243 g/mol. The normalized spacial score (nSPS) is 23.3. The zero-order valence-electron chi connectivity index (χ0n) is 10.9. The third-order valence-corrected chi connectivity index (χ3v) is 5.25. The molecule has 0 amide bonds. The predicted molar refractivity (Wildman–Crippen MR) is 72.1 cm³/mol. The van der Waals surface area contributed by atoms with Crippen LogP contribution in [0.3, 0.4) is 0 Å². The van der Waals surface area contributed by atoms with Gasteiger partial charge in [0.05, 0.1) is 0 Å². The number of hydrogen-bond donors (Lipinski definition) is 0. The predicted octanol–water partition coefficient (Wildman–Crippen LogP) is 2.82. The minimum Gasteiger partial charge on any atom is -0.303 e. The highest BCUT2D eigenvalue weighted by molar-refractivity contribution is 8.00. The molecule has 1 aliphatic rings. The van der Waals surface area contributed by atoms with Gasteiger partial charge in [-0.25, -0.2) is 0 Å². The lowest BCUT2D eigenvalue weighted by atomic mass is 9.83. The van der Waals surface area contributed by atoms with E-state index in [0.717, 1.165) is 37.7 Å². The Morgan fingerprint density at radius 1 is 1.38 bits per heavy atom. The molecule has 0 radical (unpaired) electrons. The Bertz CT molecular complexity index is 216. The molecule has 0 saturated carbocycles. The molecular weight excluding hydrogens is 218 g/mol. The lowest BCUT2D eigenvalue weighted by Crippen LogP contribution is -2.44. The van der Waals surface area contributed by atoms with E-state index in [1.807, 2.05) is 0 Å². The van der Waals surface area contributed by atoms with Crippen molar-refractivity contribution in [1.82, 2.24) is 4.90 Å². The summed E-state index contributed by atoms with van der Waals surface area (Å²) in [5, 5.41) is 0.770. The zero-order chi connectivity index (χ0) is 12.0. The van der Waals surface area contributed by atoms with Crippen LogP contribution in [0.1, 0.15) is 40.0 Å². The fourth-order valence-electron chi connectivity index (χ4n) is 2.29. The van der Waals surface area contributed by atoms with Crippen molar-refractivity contribution in [3.63, 3.8) is 0 Å². The maximum atomic E-state index is 11.3. The van der Waals surface area contributed by atoms with Crippen molar-refractivity contribution in [2.24, 2.45) is 5.41 Å². The molecule has 1 fully saturated rings. The van der Waals surface area contributed by atoms with E-state index in [1.54, 1.807) is 0 Å². The van der Waals surface area contributed by atoms with Crippen LogP contribution < -0.4 is 0 Å². The van der Waals surface area contributed by atoms with Gasteiger partial charge in [-0.1, -0.05) is 20.8 Å². The van der Waals surface area contributed by atoms with Crippen molar-refractivity contribution in [2.75, 3.05) is 25.4 Å². The summed E-state index contributed by atoms with van der Waals surface area (Å²) in [7, 11) is 0. The summed E-state index contributed by atoms with van der Waals surface area (Å²) in [6.07, 6.45) is 4.37. The van der Waals surface area contributed by atoms with E-state index in [1.165, 1.54) is 18.5 Å². The molecule has 0 N–H and O–H groups in total. The van der Waals surface area contributed by atoms with E-state index in [4.69, 9.17) is 0 Å². The number of rotatable bonds is 6. The average Bonchev–Trinajstić information content (AvgIpc) is 2.36. The Kier molecular flexibility index (Phi) is 5.84. The van der Waals surface area contributed by atoms with Crippen LogP contribution in [0.15, 0.2) is 0 Å². The van der Waals surface area contributed by atoms with E-state index in [0.29, 0.717) is 0 Å². The number of thioether (sulfide) groups is 1. The second-order valence-electron chi connectivity index (χ2n) is 4.82. The number of carbonyl (C=O) groups is 1. The fraction of sp³-hybridized carbons (Fsp3) is 0.923. The van der Waals surface area contributed by atoms with Crippen LogP contribution in [0, 0.1) is 5.41 Å². The molecule has 3 heteroatoms. The van der Waals surface area contributed by atoms with Crippen LogP contribution in [0.4, 0.5) is 0 Å². The summed E-state index contributed by atoms with van der Waals surface area (Å²) < 4.78 is 0. The van der Waals surface area contributed by atoms with Gasteiger partial charge >= 0.3 is 0 Å². The molecule has 0 aromatic rings. The van der Waals surface area contributed by atoms with Crippen LogP contribution in [0.5, 0.6) is 0 Å². The minimum atomic E-state index is -0.0969. The molecule has 1 atom stereocenters. The van der Waals surface area contributed by atoms with Gasteiger partial charge < -0.3 is 9.69 Å². The van der Waals surface area contributed by atoms with Gasteiger partial charge in [-0.3, -0.25) is 0 Å². The maximum absolute atomic E-state index is 11.3. The summed E-state index contributed by atoms with van der Waals surface area (Å²) in [4.78, 5) is 13.8. The van der Waals surface area contributed by atoms with E-state index >= 15 is 0 Å². The van der Waals surface area contributed by atoms with Crippen molar-refractivity contribution in [3.8, 4) is 0 Å². The Balaban J connectivity index is 2.54. The monoisotopic (exact) mass is 243 g/mol. The van der Waals surface area contributed by atoms with E-state index < -0.39 is 0 Å². The molecule has 2 nitrogen and oxygen atoms in total. The smallest absolute Gasteiger partial charge is 0.127 e. The Morgan fingerprint density at radius 2 is 2.06 bits per heavy atom. The summed E-state index contributed by atoms with van der Waals surface area (Å²) >= 11 is 2.09. The lowest BCUT2D eigenvalue weighted by Gasteiger charge is -2.37. The summed E-state index contributed by atoms with van der Waals surface area (Å²) in [5.74, 6) is 1.22. The number of nitrogens with zero attached hydrogens (tertiary/aromatic N) is 1. The highest BCUT2D eigenvalue weighted by Crippen LogP contribution is 2.28. The van der Waals surface area contributed by atoms with Gasteiger partial charge in [-0.2, -0.15) is 11.8 Å². The highest BCUT2D eigenvalue weighted by atomic mass is 32.2. The quantitative estimate of drug-likeness (QED) is 0.669. The Hall–Kier alpha value is -0.0200. The number of aldehydes is 1. The van der Waals surface area contributed by atoms with Crippen LogP contribution >= 0.6 is 11.8 Å². The van der Waals surface area contributed by atoms with Gasteiger partial charge in [0.1, 0.15) is 6.29 Å². The largest absolute Gasteiger partial charge is 0.303 e. The Labute approximate surface area is 104 Å². The molecule has 16 heavy (non-hydrogen) atoms. The van der Waals surface area contributed by atoms with Gasteiger partial charge in [0.2, 0.25) is 0 Å². The first-order valence-electron chi connectivity index (χ1n) is 6.50. The SMILES string of the molecule is CCC1CN(CC(C=O)(CC)CC)CCS1. The standard InChI is InChI=1S/C13H25NOS/c1-4-12-9-14(7-8-16-12)10-13(5-2,6-3)11-15/h11-12H,4-10H2,1-3H3. The second-order valence-corrected chi connectivity index (χ2v) is 6.23. The van der Waals surface area contributed by atoms with Crippen LogP contribution in [-0.2, 0) is 4.79 Å². The van der Waals surface area contributed by atoms with Crippen molar-refractivity contribution >= 4 is 18.0 Å². The summed E-state index contributed by atoms with van der Waals surface area (Å²) in [6, 6.07) is 0. The number of carbonyl (C=O) groups excluding carboxylic acids is 1. The molecule has 1 saturated heterocycles. The van der Waals surface area contributed by atoms with Gasteiger partial charge in [-0.05, 0) is 19.3 Å². The number of hydrogen-bond acceptors (Lipinski definition) is 3. The van der Waals surface area contributed by atoms with Crippen LogP contribution in [0.25, 0.3) is 0 Å². The fourth-order valence-corrected chi connectivity index (χ4v) is 3.54. The molecule has 0 aromatic carbocycles. The van der Waals surface area contributed by atoms with E-state index in [2.05, 4.69) is 37.4 Å². The van der Waals surface area contributed by atoms with E-state index in [-0.39, 0.29) is 5.41 Å². The van der Waals surface area contributed by atoms with Gasteiger partial charge in [0, 0.05) is 36.1 Å². The molecule has 1 heterocycles. The molecule has 0 spiro atoms. The molecule has 0 bridgehead atoms. The van der Waals surface area contributed by atoms with Gasteiger partial charge in [0.25, 0.3) is 0 Å². The summed E-state index contributed by atoms with van der Waals surface area (Å²) in [6.45, 7) is 9.80. The van der Waals surface area contributed by atoms with Gasteiger partial charge in [0.15, 0.2) is 0 Å². The van der Waals surface area contributed by atoms with Crippen LogP contribution in [0.2, 0.25) is 0 Å². The minimum absolute atomic E-state index is 0.0969. The molecule has 1 unspecified atom stereocenters. The first kappa shape index (κ1) is 14.0. The molecule has 0 aliphatic carbocycles. The second kappa shape index (κ2) is 6.65. The third-order valence-electron chi connectivity index (χ3n) is 3.87. The third kappa shape index (κ3) is 3.49. The highest BCUT2D eigenvalue weighted by Gasteiger charge is 2.30. The molecular formula is C13H25NOS. The van der Waals surface area contributed by atoms with Gasteiger partial charge in [-0.15, -0.1) is 0 Å². The van der Waals surface area contributed by atoms with Crippen molar-refractivity contribution < 1.29 is 4.79 Å². The van der Waals surface area contributed by atoms with Crippen molar-refractivity contribution in [1.29, 1.82) is 0 Å². The topological polar surface area (TPSA) is 20.3 Å². The maximum Gasteiger partial charge on any atom is 0.127 e. The molecule has 1 rings (SSSR count). The Morgan fingerprint density at radius 3 is 2.56 bits per heavy atom. The van der Waals surface area contributed by atoms with E-state index in [9.17, 15) is 4.79 Å². The lowest BCUT2D eigenvalue weighted by molar-refractivity contribution is -0.117. The van der Waals surface area contributed by atoms with Crippen molar-refractivity contribution in [2.45, 2.75) is 45.3 Å². The molecule has 1 aliphatic heterocycles. The van der Waals surface area contributed by atoms with Crippen molar-refractivity contribution in [3.05, 3.63) is 0 Å². The first-order chi connectivity index (χ1) is 7.69. The summed E-state index contributed by atoms with van der Waals surface area (Å²) in [5.41, 5.74) is -0.0969. The van der Waals surface area contributed by atoms with Crippen LogP contribution in [-0.4, -0.2) is 41.8 Å². The molecule has 94 valence electrons. The first-order valence-corrected chi connectivity index (χ1v) is 7.54. The molecule has 0 aromatic heterocycles. The zero-order valence-corrected chi connectivity index (χ0v) is 11.7.